The van der Waals surface area contributed by atoms with Gasteiger partial charge in [-0.1, -0.05) is 17.7 Å². The Morgan fingerprint density at radius 1 is 1.30 bits per heavy atom. The van der Waals surface area contributed by atoms with Gasteiger partial charge in [0.1, 0.15) is 0 Å². The third-order valence-corrected chi connectivity index (χ3v) is 4.27. The standard InChI is InChI=1S/C17H26N2O/c1-12-9-13(2)16(14(3)10-12)17(20)19-8-4-5-15(11-19)6-7-18/h9-10,15H,4-8,11,18H2,1-3H3. The van der Waals surface area contributed by atoms with Crippen molar-refractivity contribution < 1.29 is 4.79 Å². The van der Waals surface area contributed by atoms with Gasteiger partial charge in [0.15, 0.2) is 0 Å². The largest absolute Gasteiger partial charge is 0.338 e. The molecule has 1 amide bonds. The van der Waals surface area contributed by atoms with Crippen LogP contribution in [0, 0.1) is 26.7 Å². The van der Waals surface area contributed by atoms with Gasteiger partial charge >= 0.3 is 0 Å². The van der Waals surface area contributed by atoms with Crippen LogP contribution in [0.4, 0.5) is 0 Å². The molecule has 20 heavy (non-hydrogen) atoms. The van der Waals surface area contributed by atoms with E-state index in [9.17, 15) is 4.79 Å². The lowest BCUT2D eigenvalue weighted by atomic mass is 9.93. The number of hydrogen-bond donors (Lipinski definition) is 1. The smallest absolute Gasteiger partial charge is 0.254 e. The molecule has 0 bridgehead atoms. The Labute approximate surface area is 122 Å². The lowest BCUT2D eigenvalue weighted by Gasteiger charge is -2.33. The maximum atomic E-state index is 12.8. The summed E-state index contributed by atoms with van der Waals surface area (Å²) in [6.07, 6.45) is 3.32. The highest BCUT2D eigenvalue weighted by atomic mass is 16.2. The summed E-state index contributed by atoms with van der Waals surface area (Å²) in [5.74, 6) is 0.769. The minimum atomic E-state index is 0.196. The molecule has 1 unspecified atom stereocenters. The third kappa shape index (κ3) is 3.21. The fourth-order valence-corrected chi connectivity index (χ4v) is 3.40. The van der Waals surface area contributed by atoms with Crippen molar-refractivity contribution in [3.05, 3.63) is 34.4 Å². The molecule has 3 nitrogen and oxygen atoms in total. The van der Waals surface area contributed by atoms with E-state index in [-0.39, 0.29) is 5.91 Å². The molecule has 0 saturated carbocycles. The van der Waals surface area contributed by atoms with Crippen LogP contribution < -0.4 is 5.73 Å². The minimum absolute atomic E-state index is 0.196. The van der Waals surface area contributed by atoms with Crippen molar-refractivity contribution in [1.29, 1.82) is 0 Å². The summed E-state index contributed by atoms with van der Waals surface area (Å²) < 4.78 is 0. The molecule has 1 saturated heterocycles. The van der Waals surface area contributed by atoms with Crippen molar-refractivity contribution in [2.75, 3.05) is 19.6 Å². The number of piperidine rings is 1. The molecule has 1 atom stereocenters. The fourth-order valence-electron chi connectivity index (χ4n) is 3.40. The Morgan fingerprint density at radius 3 is 2.55 bits per heavy atom. The first-order valence-electron chi connectivity index (χ1n) is 7.60. The van der Waals surface area contributed by atoms with Crippen LogP contribution in [0.15, 0.2) is 12.1 Å². The van der Waals surface area contributed by atoms with Gasteiger partial charge in [0.2, 0.25) is 0 Å². The molecule has 1 aromatic rings. The van der Waals surface area contributed by atoms with Crippen LogP contribution in [-0.2, 0) is 0 Å². The quantitative estimate of drug-likeness (QED) is 0.921. The normalized spacial score (nSPS) is 19.2. The number of likely N-dealkylation sites (tertiary alicyclic amines) is 1. The number of aryl methyl sites for hydroxylation is 3. The van der Waals surface area contributed by atoms with Gasteiger partial charge in [-0.2, -0.15) is 0 Å². The van der Waals surface area contributed by atoms with Crippen LogP contribution in [0.3, 0.4) is 0 Å². The van der Waals surface area contributed by atoms with E-state index in [2.05, 4.69) is 19.1 Å². The van der Waals surface area contributed by atoms with Gasteiger partial charge in [0.05, 0.1) is 0 Å². The van der Waals surface area contributed by atoms with Crippen LogP contribution in [0.5, 0.6) is 0 Å². The molecule has 1 heterocycles. The number of nitrogens with zero attached hydrogens (tertiary/aromatic N) is 1. The van der Waals surface area contributed by atoms with Gasteiger partial charge in [-0.05, 0) is 63.6 Å². The van der Waals surface area contributed by atoms with Gasteiger partial charge in [-0.25, -0.2) is 0 Å². The van der Waals surface area contributed by atoms with E-state index in [1.54, 1.807) is 0 Å². The van der Waals surface area contributed by atoms with Crippen molar-refractivity contribution >= 4 is 5.91 Å². The second kappa shape index (κ2) is 6.40. The number of amides is 1. The molecule has 2 rings (SSSR count). The second-order valence-electron chi connectivity index (χ2n) is 6.11. The molecule has 0 aromatic heterocycles. The van der Waals surface area contributed by atoms with E-state index >= 15 is 0 Å². The number of benzene rings is 1. The number of carbonyl (C=O) groups is 1. The van der Waals surface area contributed by atoms with Crippen molar-refractivity contribution in [1.82, 2.24) is 4.90 Å². The average Bonchev–Trinajstić information content (AvgIpc) is 2.38. The molecule has 0 aliphatic carbocycles. The predicted octanol–water partition coefficient (Wildman–Crippen LogP) is 2.81. The molecule has 3 heteroatoms. The third-order valence-electron chi connectivity index (χ3n) is 4.27. The van der Waals surface area contributed by atoms with Crippen LogP contribution >= 0.6 is 0 Å². The summed E-state index contributed by atoms with van der Waals surface area (Å²) >= 11 is 0. The van der Waals surface area contributed by atoms with E-state index in [1.165, 1.54) is 12.0 Å². The van der Waals surface area contributed by atoms with Gasteiger partial charge in [0, 0.05) is 18.7 Å². The monoisotopic (exact) mass is 274 g/mol. The highest BCUT2D eigenvalue weighted by Gasteiger charge is 2.25. The van der Waals surface area contributed by atoms with E-state index in [1.807, 2.05) is 18.7 Å². The first-order chi connectivity index (χ1) is 9.52. The molecule has 110 valence electrons. The van der Waals surface area contributed by atoms with Crippen LogP contribution in [-0.4, -0.2) is 30.4 Å². The highest BCUT2D eigenvalue weighted by molar-refractivity contribution is 5.97. The molecule has 2 N–H and O–H groups in total. The fraction of sp³-hybridized carbons (Fsp3) is 0.588. The van der Waals surface area contributed by atoms with E-state index in [0.717, 1.165) is 49.2 Å². The molecular formula is C17H26N2O. The average molecular weight is 274 g/mol. The van der Waals surface area contributed by atoms with Gasteiger partial charge in [-0.15, -0.1) is 0 Å². The summed E-state index contributed by atoms with van der Waals surface area (Å²) in [6, 6.07) is 4.20. The SMILES string of the molecule is Cc1cc(C)c(C(=O)N2CCCC(CCN)C2)c(C)c1. The van der Waals surface area contributed by atoms with Crippen molar-refractivity contribution in [3.63, 3.8) is 0 Å². The summed E-state index contributed by atoms with van der Waals surface area (Å²) in [5, 5.41) is 0. The van der Waals surface area contributed by atoms with Crippen LogP contribution in [0.1, 0.15) is 46.3 Å². The summed E-state index contributed by atoms with van der Waals surface area (Å²) in [7, 11) is 0. The number of carbonyl (C=O) groups excluding carboxylic acids is 1. The first-order valence-corrected chi connectivity index (χ1v) is 7.60. The van der Waals surface area contributed by atoms with Gasteiger partial charge in [0.25, 0.3) is 5.91 Å². The predicted molar refractivity (Wildman–Crippen MR) is 83.0 cm³/mol. The van der Waals surface area contributed by atoms with Crippen molar-refractivity contribution in [2.45, 2.75) is 40.0 Å². The van der Waals surface area contributed by atoms with E-state index in [0.29, 0.717) is 5.92 Å². The van der Waals surface area contributed by atoms with Crippen molar-refractivity contribution in [2.24, 2.45) is 11.7 Å². The molecule has 1 fully saturated rings. The molecule has 1 aliphatic heterocycles. The molecule has 0 spiro atoms. The Hall–Kier alpha value is -1.35. The lowest BCUT2D eigenvalue weighted by Crippen LogP contribution is -2.41. The van der Waals surface area contributed by atoms with Crippen molar-refractivity contribution in [3.8, 4) is 0 Å². The lowest BCUT2D eigenvalue weighted by molar-refractivity contribution is 0.0668. The Kier molecular flexibility index (Phi) is 4.81. The number of hydrogen-bond acceptors (Lipinski definition) is 2. The zero-order valence-corrected chi connectivity index (χ0v) is 12.9. The van der Waals surface area contributed by atoms with Gasteiger partial charge < -0.3 is 10.6 Å². The molecule has 1 aliphatic rings. The maximum Gasteiger partial charge on any atom is 0.254 e. The molecule has 0 radical (unpaired) electrons. The summed E-state index contributed by atoms with van der Waals surface area (Å²) in [4.78, 5) is 14.8. The molecular weight excluding hydrogens is 248 g/mol. The first kappa shape index (κ1) is 15.0. The van der Waals surface area contributed by atoms with Crippen LogP contribution in [0.2, 0.25) is 0 Å². The number of rotatable bonds is 3. The number of nitrogens with two attached hydrogens (primary N) is 1. The Morgan fingerprint density at radius 2 is 1.95 bits per heavy atom. The molecule has 1 aromatic carbocycles. The minimum Gasteiger partial charge on any atom is -0.338 e. The van der Waals surface area contributed by atoms with Crippen LogP contribution in [0.25, 0.3) is 0 Å². The Balaban J connectivity index is 2.19. The topological polar surface area (TPSA) is 46.3 Å². The second-order valence-corrected chi connectivity index (χ2v) is 6.11. The Bertz CT molecular complexity index is 471. The zero-order chi connectivity index (χ0) is 14.7. The highest BCUT2D eigenvalue weighted by Crippen LogP contribution is 2.24. The maximum absolute atomic E-state index is 12.8. The van der Waals surface area contributed by atoms with E-state index < -0.39 is 0 Å². The zero-order valence-electron chi connectivity index (χ0n) is 12.9. The summed E-state index contributed by atoms with van der Waals surface area (Å²) in [5.41, 5.74) is 9.95. The summed E-state index contributed by atoms with van der Waals surface area (Å²) in [6.45, 7) is 8.61. The van der Waals surface area contributed by atoms with E-state index in [4.69, 9.17) is 5.73 Å². The van der Waals surface area contributed by atoms with Gasteiger partial charge in [-0.3, -0.25) is 4.79 Å².